The van der Waals surface area contributed by atoms with Gasteiger partial charge in [0.05, 0.1) is 0 Å². The molecule has 7 nitrogen and oxygen atoms in total. The molecular formula is C12H2F8O7S2. The topological polar surface area (TPSA) is 118 Å². The highest BCUT2D eigenvalue weighted by Crippen LogP contribution is 2.41. The number of benzene rings is 2. The van der Waals surface area contributed by atoms with Crippen molar-refractivity contribution < 1.29 is 65.8 Å². The van der Waals surface area contributed by atoms with Crippen molar-refractivity contribution >= 4 is 20.2 Å². The first-order chi connectivity index (χ1) is 13.0. The number of rotatable bonds is 4. The van der Waals surface area contributed by atoms with Gasteiger partial charge in [-0.05, 0) is 0 Å². The SMILES string of the molecule is O=S(=O)(O)c1c(F)c(F)c(F)c(F)c1Oc1c(F)c(F)c(F)c(F)c1S(=O)(=O)O. The van der Waals surface area contributed by atoms with Gasteiger partial charge in [0, 0.05) is 0 Å². The second-order valence-electron chi connectivity index (χ2n) is 4.88. The molecule has 160 valence electrons. The number of hydrogen-bond acceptors (Lipinski definition) is 5. The Morgan fingerprint density at radius 3 is 0.966 bits per heavy atom. The Kier molecular flexibility index (Phi) is 5.56. The second kappa shape index (κ2) is 7.08. The zero-order valence-corrected chi connectivity index (χ0v) is 14.4. The van der Waals surface area contributed by atoms with Crippen molar-refractivity contribution in [1.82, 2.24) is 0 Å². The fraction of sp³-hybridized carbons (Fsp3) is 0. The average Bonchev–Trinajstić information content (AvgIpc) is 2.58. The zero-order valence-electron chi connectivity index (χ0n) is 12.8. The molecule has 0 radical (unpaired) electrons. The fourth-order valence-electron chi connectivity index (χ4n) is 1.93. The van der Waals surface area contributed by atoms with E-state index in [4.69, 9.17) is 9.11 Å². The molecular weight excluding hydrogens is 472 g/mol. The Bertz CT molecular complexity index is 1160. The van der Waals surface area contributed by atoms with Crippen molar-refractivity contribution in [3.8, 4) is 11.5 Å². The molecule has 29 heavy (non-hydrogen) atoms. The minimum absolute atomic E-state index is 2.52. The molecule has 0 aliphatic heterocycles. The van der Waals surface area contributed by atoms with E-state index in [0.29, 0.717) is 0 Å². The Morgan fingerprint density at radius 2 is 0.724 bits per heavy atom. The van der Waals surface area contributed by atoms with Crippen LogP contribution in [0.5, 0.6) is 11.5 Å². The summed E-state index contributed by atoms with van der Waals surface area (Å²) >= 11 is 0. The predicted octanol–water partition coefficient (Wildman–Crippen LogP) is 3.09. The van der Waals surface area contributed by atoms with Gasteiger partial charge in [-0.25, -0.2) is 26.3 Å². The third-order valence-electron chi connectivity index (χ3n) is 3.09. The van der Waals surface area contributed by atoms with Crippen molar-refractivity contribution in [2.24, 2.45) is 0 Å². The van der Waals surface area contributed by atoms with E-state index in [1.54, 1.807) is 0 Å². The minimum Gasteiger partial charge on any atom is -0.448 e. The van der Waals surface area contributed by atoms with Crippen LogP contribution in [0.2, 0.25) is 0 Å². The maximum atomic E-state index is 13.9. The lowest BCUT2D eigenvalue weighted by atomic mass is 10.2. The molecule has 0 unspecified atom stereocenters. The molecule has 0 atom stereocenters. The molecule has 0 spiro atoms. The molecule has 0 aromatic heterocycles. The first kappa shape index (κ1) is 22.8. The van der Waals surface area contributed by atoms with Crippen LogP contribution in [-0.2, 0) is 20.2 Å². The van der Waals surface area contributed by atoms with Gasteiger partial charge in [-0.1, -0.05) is 0 Å². The normalized spacial score (nSPS) is 12.3. The summed E-state index contributed by atoms with van der Waals surface area (Å²) in [5.74, 6) is -27.8. The summed E-state index contributed by atoms with van der Waals surface area (Å²) in [6, 6.07) is 0. The van der Waals surface area contributed by atoms with Gasteiger partial charge in [-0.15, -0.1) is 0 Å². The number of hydrogen-bond donors (Lipinski definition) is 2. The van der Waals surface area contributed by atoms with Crippen molar-refractivity contribution in [2.45, 2.75) is 9.79 Å². The maximum Gasteiger partial charge on any atom is 0.301 e. The van der Waals surface area contributed by atoms with Gasteiger partial charge in [0.15, 0.2) is 44.6 Å². The highest BCUT2D eigenvalue weighted by Gasteiger charge is 2.38. The first-order valence-electron chi connectivity index (χ1n) is 6.36. The monoisotopic (exact) mass is 474 g/mol. The first-order valence-corrected chi connectivity index (χ1v) is 9.24. The molecule has 2 aromatic carbocycles. The van der Waals surface area contributed by atoms with Crippen LogP contribution in [-0.4, -0.2) is 25.9 Å². The van der Waals surface area contributed by atoms with Gasteiger partial charge in [-0.2, -0.15) is 25.6 Å². The van der Waals surface area contributed by atoms with E-state index in [1.807, 2.05) is 0 Å². The summed E-state index contributed by atoms with van der Waals surface area (Å²) in [6.45, 7) is 0. The summed E-state index contributed by atoms with van der Waals surface area (Å²) < 4.78 is 174. The predicted molar refractivity (Wildman–Crippen MR) is 72.3 cm³/mol. The quantitative estimate of drug-likeness (QED) is 0.303. The fourth-order valence-corrected chi connectivity index (χ4v) is 3.29. The molecule has 17 heteroatoms. The summed E-state index contributed by atoms with van der Waals surface area (Å²) in [5, 5.41) is 0. The minimum atomic E-state index is -6.08. The highest BCUT2D eigenvalue weighted by atomic mass is 32.2. The Labute approximate surface area is 154 Å². The number of halogens is 8. The van der Waals surface area contributed by atoms with E-state index >= 15 is 0 Å². The molecule has 0 saturated carbocycles. The summed E-state index contributed by atoms with van der Waals surface area (Å²) in [7, 11) is -12.2. The van der Waals surface area contributed by atoms with E-state index < -0.39 is 88.1 Å². The van der Waals surface area contributed by atoms with Gasteiger partial charge < -0.3 is 4.74 Å². The van der Waals surface area contributed by atoms with Gasteiger partial charge in [-0.3, -0.25) is 9.11 Å². The van der Waals surface area contributed by atoms with Crippen molar-refractivity contribution in [1.29, 1.82) is 0 Å². The van der Waals surface area contributed by atoms with Crippen LogP contribution in [0.3, 0.4) is 0 Å². The van der Waals surface area contributed by atoms with Crippen LogP contribution in [0.15, 0.2) is 9.79 Å². The van der Waals surface area contributed by atoms with Crippen LogP contribution in [0, 0.1) is 46.5 Å². The lowest BCUT2D eigenvalue weighted by Gasteiger charge is -2.16. The van der Waals surface area contributed by atoms with Crippen molar-refractivity contribution in [3.63, 3.8) is 0 Å². The molecule has 0 aliphatic rings. The molecule has 0 bridgehead atoms. The lowest BCUT2D eigenvalue weighted by molar-refractivity contribution is 0.316. The van der Waals surface area contributed by atoms with Crippen LogP contribution >= 0.6 is 0 Å². The third kappa shape index (κ3) is 3.72. The van der Waals surface area contributed by atoms with Gasteiger partial charge in [0.25, 0.3) is 0 Å². The molecule has 2 aromatic rings. The number of ether oxygens (including phenoxy) is 1. The molecule has 2 rings (SSSR count). The maximum absolute atomic E-state index is 13.9. The molecule has 2 N–H and O–H groups in total. The molecule has 0 fully saturated rings. The zero-order chi connectivity index (χ0) is 22.6. The molecule has 0 saturated heterocycles. The van der Waals surface area contributed by atoms with E-state index in [-0.39, 0.29) is 0 Å². The second-order valence-corrected chi connectivity index (χ2v) is 7.60. The van der Waals surface area contributed by atoms with Crippen LogP contribution < -0.4 is 4.74 Å². The molecule has 0 amide bonds. The van der Waals surface area contributed by atoms with Gasteiger partial charge >= 0.3 is 20.2 Å². The molecule has 0 aliphatic carbocycles. The van der Waals surface area contributed by atoms with Crippen LogP contribution in [0.25, 0.3) is 0 Å². The summed E-state index contributed by atoms with van der Waals surface area (Å²) in [6.07, 6.45) is 0. The van der Waals surface area contributed by atoms with Gasteiger partial charge in [0.2, 0.25) is 23.3 Å². The highest BCUT2D eigenvalue weighted by molar-refractivity contribution is 7.86. The summed E-state index contributed by atoms with van der Waals surface area (Å²) in [4.78, 5) is -5.17. The lowest BCUT2D eigenvalue weighted by Crippen LogP contribution is -2.14. The third-order valence-corrected chi connectivity index (χ3v) is 4.85. The van der Waals surface area contributed by atoms with E-state index in [1.165, 1.54) is 0 Å². The van der Waals surface area contributed by atoms with Crippen LogP contribution in [0.4, 0.5) is 35.1 Å². The molecule has 0 heterocycles. The standard InChI is InChI=1S/C12H2F8O7S2/c13-1-3(15)7(19)11(28(21,22)23)9(5(1)17)27-10-6(18)2(14)4(16)8(20)12(10)29(24,25)26/h(H,21,22,23)(H,24,25,26). The van der Waals surface area contributed by atoms with E-state index in [9.17, 15) is 52.0 Å². The largest absolute Gasteiger partial charge is 0.448 e. The Morgan fingerprint density at radius 1 is 0.483 bits per heavy atom. The van der Waals surface area contributed by atoms with E-state index in [0.717, 1.165) is 0 Å². The van der Waals surface area contributed by atoms with Crippen molar-refractivity contribution in [3.05, 3.63) is 46.5 Å². The van der Waals surface area contributed by atoms with E-state index in [2.05, 4.69) is 4.74 Å². The average molecular weight is 474 g/mol. The van der Waals surface area contributed by atoms with Crippen LogP contribution in [0.1, 0.15) is 0 Å². The van der Waals surface area contributed by atoms with Crippen molar-refractivity contribution in [2.75, 3.05) is 0 Å². The Balaban J connectivity index is 3.05. The summed E-state index contributed by atoms with van der Waals surface area (Å²) in [5.41, 5.74) is 0. The smallest absolute Gasteiger partial charge is 0.301 e. The Hall–Kier alpha value is -2.50. The van der Waals surface area contributed by atoms with Gasteiger partial charge in [0.1, 0.15) is 0 Å².